The lowest BCUT2D eigenvalue weighted by Gasteiger charge is -2.15. The van der Waals surface area contributed by atoms with Gasteiger partial charge in [0.2, 0.25) is 5.78 Å². The van der Waals surface area contributed by atoms with Crippen LogP contribution in [0.4, 0.5) is 4.79 Å². The number of amides is 2. The Labute approximate surface area is 151 Å². The maximum Gasteiger partial charge on any atom is 0.329 e. The standard InChI is InChI=1S/C17H25N3O4S/c1-10-8-13(11(2)20(10)12-4-5-12)15(21)9-24-16(22)14(6-7-25-3)19-17(18)23/h8,12,14H,4-7,9H2,1-3H3,(H3,18,19,23)/t14-/m1/s1. The van der Waals surface area contributed by atoms with Crippen molar-refractivity contribution in [2.45, 2.75) is 45.2 Å². The molecular weight excluding hydrogens is 342 g/mol. The second-order valence-electron chi connectivity index (χ2n) is 6.26. The van der Waals surface area contributed by atoms with Gasteiger partial charge in [-0.3, -0.25) is 4.79 Å². The predicted molar refractivity (Wildman–Crippen MR) is 97.0 cm³/mol. The van der Waals surface area contributed by atoms with E-state index < -0.39 is 18.0 Å². The van der Waals surface area contributed by atoms with E-state index in [1.807, 2.05) is 26.2 Å². The average Bonchev–Trinajstić information content (AvgIpc) is 3.33. The normalized spacial score (nSPS) is 14.8. The summed E-state index contributed by atoms with van der Waals surface area (Å²) in [4.78, 5) is 35.6. The first-order valence-corrected chi connectivity index (χ1v) is 9.67. The van der Waals surface area contributed by atoms with Crippen LogP contribution in [0.25, 0.3) is 0 Å². The highest BCUT2D eigenvalue weighted by Gasteiger charge is 2.29. The molecular formula is C17H25N3O4S. The van der Waals surface area contributed by atoms with Gasteiger partial charge in [-0.05, 0) is 51.2 Å². The zero-order valence-electron chi connectivity index (χ0n) is 14.8. The number of primary amides is 1. The Kier molecular flexibility index (Phi) is 6.52. The van der Waals surface area contributed by atoms with E-state index in [2.05, 4.69) is 9.88 Å². The molecule has 0 unspecified atom stereocenters. The predicted octanol–water partition coefficient (Wildman–Crippen LogP) is 1.96. The summed E-state index contributed by atoms with van der Waals surface area (Å²) < 4.78 is 7.29. The van der Waals surface area contributed by atoms with Crippen LogP contribution in [0.2, 0.25) is 0 Å². The van der Waals surface area contributed by atoms with Crippen molar-refractivity contribution in [1.29, 1.82) is 0 Å². The summed E-state index contributed by atoms with van der Waals surface area (Å²) in [6.45, 7) is 3.55. The first-order chi connectivity index (χ1) is 11.8. The molecule has 2 amide bonds. The number of nitrogens with one attached hydrogen (secondary N) is 1. The number of nitrogens with two attached hydrogens (primary N) is 1. The third-order valence-corrected chi connectivity index (χ3v) is 4.90. The molecule has 138 valence electrons. The van der Waals surface area contributed by atoms with Crippen LogP contribution < -0.4 is 11.1 Å². The van der Waals surface area contributed by atoms with Gasteiger partial charge in [-0.1, -0.05) is 0 Å². The van der Waals surface area contributed by atoms with E-state index in [9.17, 15) is 14.4 Å². The maximum atomic E-state index is 12.4. The van der Waals surface area contributed by atoms with Crippen LogP contribution in [0.5, 0.6) is 0 Å². The number of carbonyl (C=O) groups is 3. The van der Waals surface area contributed by atoms with Crippen molar-refractivity contribution in [1.82, 2.24) is 9.88 Å². The molecule has 1 atom stereocenters. The zero-order chi connectivity index (χ0) is 18.6. The number of thioether (sulfide) groups is 1. The van der Waals surface area contributed by atoms with E-state index in [1.54, 1.807) is 11.8 Å². The fourth-order valence-corrected chi connectivity index (χ4v) is 3.40. The highest BCUT2D eigenvalue weighted by Crippen LogP contribution is 2.38. The van der Waals surface area contributed by atoms with Crippen molar-refractivity contribution in [3.63, 3.8) is 0 Å². The van der Waals surface area contributed by atoms with Crippen molar-refractivity contribution >= 4 is 29.5 Å². The third-order valence-electron chi connectivity index (χ3n) is 4.25. The molecule has 8 heteroatoms. The number of hydrogen-bond donors (Lipinski definition) is 2. The number of ketones is 1. The molecule has 1 aromatic rings. The van der Waals surface area contributed by atoms with Gasteiger partial charge in [-0.2, -0.15) is 11.8 Å². The molecule has 2 rings (SSSR count). The monoisotopic (exact) mass is 367 g/mol. The van der Waals surface area contributed by atoms with E-state index in [0.717, 1.165) is 24.2 Å². The number of ether oxygens (including phenoxy) is 1. The smallest absolute Gasteiger partial charge is 0.329 e. The van der Waals surface area contributed by atoms with Gasteiger partial charge in [0, 0.05) is 23.0 Å². The molecule has 0 aromatic carbocycles. The Morgan fingerprint density at radius 3 is 2.64 bits per heavy atom. The lowest BCUT2D eigenvalue weighted by atomic mass is 10.1. The van der Waals surface area contributed by atoms with Gasteiger partial charge < -0.3 is 20.4 Å². The Morgan fingerprint density at radius 2 is 2.08 bits per heavy atom. The molecule has 1 aliphatic rings. The molecule has 7 nitrogen and oxygen atoms in total. The number of rotatable bonds is 9. The third kappa shape index (κ3) is 5.01. The van der Waals surface area contributed by atoms with E-state index in [-0.39, 0.29) is 12.4 Å². The summed E-state index contributed by atoms with van der Waals surface area (Å²) in [7, 11) is 0. The molecule has 1 aromatic heterocycles. The van der Waals surface area contributed by atoms with Gasteiger partial charge in [-0.15, -0.1) is 0 Å². The van der Waals surface area contributed by atoms with Crippen molar-refractivity contribution in [2.75, 3.05) is 18.6 Å². The number of nitrogens with zero attached hydrogens (tertiary/aromatic N) is 1. The van der Waals surface area contributed by atoms with Crippen LogP contribution in [-0.2, 0) is 9.53 Å². The summed E-state index contributed by atoms with van der Waals surface area (Å²) >= 11 is 1.54. The Bertz CT molecular complexity index is 667. The van der Waals surface area contributed by atoms with E-state index in [4.69, 9.17) is 10.5 Å². The highest BCUT2D eigenvalue weighted by molar-refractivity contribution is 7.98. The first-order valence-electron chi connectivity index (χ1n) is 8.28. The number of aromatic nitrogens is 1. The lowest BCUT2D eigenvalue weighted by molar-refractivity contribution is -0.144. The summed E-state index contributed by atoms with van der Waals surface area (Å²) in [6.07, 6.45) is 4.56. The van der Waals surface area contributed by atoms with Crippen LogP contribution in [0.3, 0.4) is 0 Å². The van der Waals surface area contributed by atoms with Gasteiger partial charge >= 0.3 is 12.0 Å². The molecule has 0 bridgehead atoms. The summed E-state index contributed by atoms with van der Waals surface area (Å²) in [5, 5.41) is 2.36. The zero-order valence-corrected chi connectivity index (χ0v) is 15.6. The number of esters is 1. The first kappa shape index (κ1) is 19.4. The number of hydrogen-bond acceptors (Lipinski definition) is 5. The topological polar surface area (TPSA) is 103 Å². The second kappa shape index (κ2) is 8.42. The average molecular weight is 367 g/mol. The molecule has 0 saturated heterocycles. The highest BCUT2D eigenvalue weighted by atomic mass is 32.2. The molecule has 3 N–H and O–H groups in total. The minimum Gasteiger partial charge on any atom is -0.456 e. The van der Waals surface area contributed by atoms with Gasteiger partial charge in [0.05, 0.1) is 0 Å². The van der Waals surface area contributed by atoms with Crippen molar-refractivity contribution in [3.8, 4) is 0 Å². The Hall–Kier alpha value is -1.96. The molecule has 0 radical (unpaired) electrons. The Balaban J connectivity index is 1.97. The maximum absolute atomic E-state index is 12.4. The molecule has 0 aliphatic heterocycles. The van der Waals surface area contributed by atoms with Crippen LogP contribution in [0.15, 0.2) is 6.07 Å². The van der Waals surface area contributed by atoms with Gasteiger partial charge in [0.25, 0.3) is 0 Å². The van der Waals surface area contributed by atoms with Crippen LogP contribution in [0.1, 0.15) is 47.1 Å². The molecule has 1 fully saturated rings. The fraction of sp³-hybridized carbons (Fsp3) is 0.588. The van der Waals surface area contributed by atoms with Gasteiger partial charge in [0.1, 0.15) is 6.04 Å². The van der Waals surface area contributed by atoms with Gasteiger partial charge in [0.15, 0.2) is 6.61 Å². The quantitative estimate of drug-likeness (QED) is 0.513. The van der Waals surface area contributed by atoms with Crippen molar-refractivity contribution in [3.05, 3.63) is 23.0 Å². The second-order valence-corrected chi connectivity index (χ2v) is 7.25. The van der Waals surface area contributed by atoms with E-state index in [0.29, 0.717) is 23.8 Å². The van der Waals surface area contributed by atoms with E-state index >= 15 is 0 Å². The molecule has 25 heavy (non-hydrogen) atoms. The number of carbonyl (C=O) groups excluding carboxylic acids is 3. The Morgan fingerprint density at radius 1 is 1.40 bits per heavy atom. The van der Waals surface area contributed by atoms with Gasteiger partial charge in [-0.25, -0.2) is 9.59 Å². The van der Waals surface area contributed by atoms with Crippen LogP contribution >= 0.6 is 11.8 Å². The number of urea groups is 1. The summed E-state index contributed by atoms with van der Waals surface area (Å²) in [6, 6.07) is 0.704. The lowest BCUT2D eigenvalue weighted by Crippen LogP contribution is -2.45. The van der Waals surface area contributed by atoms with Crippen LogP contribution in [0, 0.1) is 13.8 Å². The molecule has 1 heterocycles. The minimum atomic E-state index is -0.836. The van der Waals surface area contributed by atoms with Crippen molar-refractivity contribution < 1.29 is 19.1 Å². The number of Topliss-reactive ketones (excluding diaryl/α,β-unsaturated/α-hetero) is 1. The van der Waals surface area contributed by atoms with E-state index in [1.165, 1.54) is 0 Å². The largest absolute Gasteiger partial charge is 0.456 e. The SMILES string of the molecule is CSCC[C@@H](NC(N)=O)C(=O)OCC(=O)c1cc(C)n(C2CC2)c1C. The minimum absolute atomic E-state index is 0.240. The molecule has 1 aliphatic carbocycles. The number of aryl methyl sites for hydroxylation is 1. The summed E-state index contributed by atoms with van der Waals surface area (Å²) in [5.41, 5.74) is 7.63. The fourth-order valence-electron chi connectivity index (χ4n) is 2.93. The molecule has 0 spiro atoms. The van der Waals surface area contributed by atoms with Crippen molar-refractivity contribution in [2.24, 2.45) is 5.73 Å². The molecule has 1 saturated carbocycles. The summed E-state index contributed by atoms with van der Waals surface area (Å²) in [5.74, 6) is -0.218. The van der Waals surface area contributed by atoms with Crippen LogP contribution in [-0.4, -0.2) is 47.0 Å².